The van der Waals surface area contributed by atoms with Gasteiger partial charge in [-0.1, -0.05) is 12.6 Å². The number of nitrogens with zero attached hydrogens (tertiary/aromatic N) is 4. The summed E-state index contributed by atoms with van der Waals surface area (Å²) in [6.45, 7) is 5.98. The molecular formula is C22H23N7O. The van der Waals surface area contributed by atoms with Crippen LogP contribution in [0.5, 0.6) is 0 Å². The molecule has 0 aromatic carbocycles. The van der Waals surface area contributed by atoms with Crippen molar-refractivity contribution in [1.29, 1.82) is 0 Å². The van der Waals surface area contributed by atoms with Crippen molar-refractivity contribution in [3.05, 3.63) is 65.8 Å². The van der Waals surface area contributed by atoms with E-state index in [0.29, 0.717) is 18.2 Å². The lowest BCUT2D eigenvalue weighted by atomic mass is 10.1. The van der Waals surface area contributed by atoms with E-state index < -0.39 is 0 Å². The van der Waals surface area contributed by atoms with Crippen LogP contribution in [0.2, 0.25) is 0 Å². The first kappa shape index (κ1) is 18.4. The minimum Gasteiger partial charge on any atom is -0.367 e. The minimum atomic E-state index is -0.0432. The first-order valence-corrected chi connectivity index (χ1v) is 10.1. The quantitative estimate of drug-likeness (QED) is 0.587. The van der Waals surface area contributed by atoms with Crippen molar-refractivity contribution in [2.75, 3.05) is 10.6 Å². The Morgan fingerprint density at radius 3 is 2.93 bits per heavy atom. The van der Waals surface area contributed by atoms with Crippen molar-refractivity contribution in [3.8, 4) is 0 Å². The highest BCUT2D eigenvalue weighted by atomic mass is 16.1. The maximum atomic E-state index is 11.7. The molecule has 3 N–H and O–H groups in total. The number of amides is 1. The molecule has 30 heavy (non-hydrogen) atoms. The van der Waals surface area contributed by atoms with Crippen LogP contribution in [0, 0.1) is 0 Å². The van der Waals surface area contributed by atoms with Crippen LogP contribution >= 0.6 is 0 Å². The van der Waals surface area contributed by atoms with Crippen LogP contribution < -0.4 is 16.0 Å². The van der Waals surface area contributed by atoms with E-state index in [-0.39, 0.29) is 11.9 Å². The van der Waals surface area contributed by atoms with Crippen molar-refractivity contribution in [3.63, 3.8) is 0 Å². The number of rotatable bonds is 6. The number of hydrogen-bond acceptors (Lipinski definition) is 6. The van der Waals surface area contributed by atoms with Gasteiger partial charge >= 0.3 is 0 Å². The first-order chi connectivity index (χ1) is 14.6. The van der Waals surface area contributed by atoms with Gasteiger partial charge in [0.05, 0.1) is 24.4 Å². The van der Waals surface area contributed by atoms with Crippen molar-refractivity contribution in [2.24, 2.45) is 0 Å². The lowest BCUT2D eigenvalue weighted by Crippen LogP contribution is -2.13. The van der Waals surface area contributed by atoms with E-state index in [0.717, 1.165) is 47.0 Å². The van der Waals surface area contributed by atoms with Gasteiger partial charge in [-0.15, -0.1) is 0 Å². The summed E-state index contributed by atoms with van der Waals surface area (Å²) in [4.78, 5) is 20.9. The van der Waals surface area contributed by atoms with Gasteiger partial charge in [-0.3, -0.25) is 9.78 Å². The average molecular weight is 401 g/mol. The standard InChI is InChI=1S/C22H23N7O/c1-13-15(10-21(30)26-13)9-16-12-24-29-20(27-17-6-7-17)11-19(28-22(16)29)25-14(2)18-5-3-4-8-23-18/h3-5,8-9,11-12,14,17,27H,1,6-7,10H2,2H3,(H,25,28)(H,26,30)/b15-9+. The molecule has 5 rings (SSSR count). The zero-order valence-electron chi connectivity index (χ0n) is 16.7. The number of carbonyl (C=O) groups is 1. The molecule has 1 unspecified atom stereocenters. The van der Waals surface area contributed by atoms with E-state index in [9.17, 15) is 4.79 Å². The van der Waals surface area contributed by atoms with Gasteiger partial charge in [0.25, 0.3) is 0 Å². The van der Waals surface area contributed by atoms with Crippen LogP contribution in [0.4, 0.5) is 11.6 Å². The molecule has 8 nitrogen and oxygen atoms in total. The summed E-state index contributed by atoms with van der Waals surface area (Å²) in [5.41, 5.74) is 3.99. The number of hydrogen-bond donors (Lipinski definition) is 3. The topological polar surface area (TPSA) is 96.2 Å². The molecule has 0 spiro atoms. The average Bonchev–Trinajstić information content (AvgIpc) is 3.37. The summed E-state index contributed by atoms with van der Waals surface area (Å²) in [6.07, 6.45) is 8.12. The highest BCUT2D eigenvalue weighted by molar-refractivity contribution is 5.89. The number of anilines is 2. The third kappa shape index (κ3) is 3.63. The van der Waals surface area contributed by atoms with Crippen molar-refractivity contribution >= 4 is 29.3 Å². The summed E-state index contributed by atoms with van der Waals surface area (Å²) in [7, 11) is 0. The highest BCUT2D eigenvalue weighted by Gasteiger charge is 2.24. The van der Waals surface area contributed by atoms with Crippen LogP contribution in [-0.2, 0) is 4.79 Å². The summed E-state index contributed by atoms with van der Waals surface area (Å²) in [5, 5.41) is 14.3. The molecule has 0 radical (unpaired) electrons. The van der Waals surface area contributed by atoms with Crippen molar-refractivity contribution in [1.82, 2.24) is 24.9 Å². The highest BCUT2D eigenvalue weighted by Crippen LogP contribution is 2.29. The molecule has 8 heteroatoms. The Labute approximate surface area is 174 Å². The summed E-state index contributed by atoms with van der Waals surface area (Å²) < 4.78 is 1.81. The Balaban J connectivity index is 1.53. The Morgan fingerprint density at radius 1 is 1.37 bits per heavy atom. The monoisotopic (exact) mass is 401 g/mol. The second-order valence-corrected chi connectivity index (χ2v) is 7.77. The van der Waals surface area contributed by atoms with Crippen molar-refractivity contribution in [2.45, 2.75) is 38.3 Å². The molecule has 1 saturated heterocycles. The Bertz CT molecular complexity index is 1160. The molecule has 1 aliphatic carbocycles. The molecule has 2 fully saturated rings. The van der Waals surface area contributed by atoms with Crippen LogP contribution in [0.25, 0.3) is 11.7 Å². The molecule has 3 aromatic heterocycles. The van der Waals surface area contributed by atoms with Gasteiger partial charge in [-0.05, 0) is 43.5 Å². The normalized spacial score (nSPS) is 18.6. The summed E-state index contributed by atoms with van der Waals surface area (Å²) >= 11 is 0. The van der Waals surface area contributed by atoms with E-state index in [1.807, 2.05) is 34.9 Å². The van der Waals surface area contributed by atoms with Crippen molar-refractivity contribution < 1.29 is 4.79 Å². The van der Waals surface area contributed by atoms with E-state index in [1.54, 1.807) is 12.4 Å². The molecule has 1 atom stereocenters. The number of fused-ring (bicyclic) bond motifs is 1. The Hall–Kier alpha value is -3.68. The largest absolute Gasteiger partial charge is 0.367 e. The minimum absolute atomic E-state index is 0.00363. The zero-order valence-corrected chi connectivity index (χ0v) is 16.7. The predicted molar refractivity (Wildman–Crippen MR) is 116 cm³/mol. The number of nitrogens with one attached hydrogen (secondary N) is 3. The molecule has 0 bridgehead atoms. The fraction of sp³-hybridized carbons (Fsp3) is 0.273. The van der Waals surface area contributed by atoms with Gasteiger partial charge in [0.15, 0.2) is 5.65 Å². The number of carbonyl (C=O) groups excluding carboxylic acids is 1. The fourth-order valence-electron chi connectivity index (χ4n) is 3.52. The van der Waals surface area contributed by atoms with Crippen LogP contribution in [0.1, 0.15) is 43.5 Å². The third-order valence-electron chi connectivity index (χ3n) is 5.28. The Kier molecular flexibility index (Phi) is 4.46. The lowest BCUT2D eigenvalue weighted by molar-refractivity contribution is -0.118. The fourth-order valence-corrected chi connectivity index (χ4v) is 3.52. The maximum absolute atomic E-state index is 11.7. The molecule has 3 aromatic rings. The molecule has 2 aliphatic rings. The number of aromatic nitrogens is 4. The first-order valence-electron chi connectivity index (χ1n) is 10.1. The smallest absolute Gasteiger partial charge is 0.228 e. The van der Waals surface area contributed by atoms with E-state index in [2.05, 4.69) is 39.5 Å². The van der Waals surface area contributed by atoms with Gasteiger partial charge in [0.1, 0.15) is 11.6 Å². The van der Waals surface area contributed by atoms with E-state index >= 15 is 0 Å². The molecule has 152 valence electrons. The van der Waals surface area contributed by atoms with Gasteiger partial charge in [-0.2, -0.15) is 9.61 Å². The number of pyridine rings is 1. The van der Waals surface area contributed by atoms with Crippen LogP contribution in [0.3, 0.4) is 0 Å². The Morgan fingerprint density at radius 2 is 2.23 bits per heavy atom. The van der Waals surface area contributed by atoms with Gasteiger partial charge in [-0.25, -0.2) is 4.98 Å². The van der Waals surface area contributed by atoms with Crippen LogP contribution in [0.15, 0.2) is 54.5 Å². The second kappa shape index (κ2) is 7.29. The van der Waals surface area contributed by atoms with Gasteiger partial charge in [0, 0.05) is 29.6 Å². The SMILES string of the molecule is C=C1NC(=O)C/C1=C\c1cnn2c(NC3CC3)cc(NC(C)c3ccccn3)nc12. The number of allylic oxidation sites excluding steroid dienone is 1. The summed E-state index contributed by atoms with van der Waals surface area (Å²) in [6, 6.07) is 8.32. The third-order valence-corrected chi connectivity index (χ3v) is 5.28. The lowest BCUT2D eigenvalue weighted by Gasteiger charge is -2.16. The van der Waals surface area contributed by atoms with Gasteiger partial charge in [0.2, 0.25) is 5.91 Å². The summed E-state index contributed by atoms with van der Waals surface area (Å²) in [5.74, 6) is 1.59. The second-order valence-electron chi connectivity index (χ2n) is 7.77. The molecule has 1 aliphatic heterocycles. The molecule has 4 heterocycles. The molecular weight excluding hydrogens is 378 g/mol. The van der Waals surface area contributed by atoms with Gasteiger partial charge < -0.3 is 16.0 Å². The predicted octanol–water partition coefficient (Wildman–Crippen LogP) is 3.29. The molecule has 1 saturated carbocycles. The molecule has 1 amide bonds. The van der Waals surface area contributed by atoms with E-state index in [1.165, 1.54) is 0 Å². The maximum Gasteiger partial charge on any atom is 0.228 e. The zero-order chi connectivity index (χ0) is 20.7. The van der Waals surface area contributed by atoms with E-state index in [4.69, 9.17) is 4.98 Å². The van der Waals surface area contributed by atoms with Crippen LogP contribution in [-0.4, -0.2) is 31.5 Å².